The number of carbonyl (C=O) groups excluding carboxylic acids is 2. The topological polar surface area (TPSA) is 67.8 Å². The molecule has 1 N–H and O–H groups in total. The molecule has 0 radical (unpaired) electrons. The Hall–Kier alpha value is -1.37. The van der Waals surface area contributed by atoms with E-state index in [0.29, 0.717) is 0 Å². The van der Waals surface area contributed by atoms with E-state index in [9.17, 15) is 14.0 Å². The Morgan fingerprint density at radius 2 is 1.97 bits per heavy atom. The van der Waals surface area contributed by atoms with Crippen molar-refractivity contribution in [3.63, 3.8) is 0 Å². The molecule has 1 aliphatic heterocycles. The summed E-state index contributed by atoms with van der Waals surface area (Å²) >= 11 is 0. The van der Waals surface area contributed by atoms with Crippen molar-refractivity contribution in [3.8, 4) is 0 Å². The molecule has 0 spiro atoms. The fourth-order valence-electron chi connectivity index (χ4n) is 7.53. The maximum absolute atomic E-state index is 15.4. The molecule has 0 aromatic rings. The number of ketones is 2. The van der Waals surface area contributed by atoms with Crippen LogP contribution in [0.4, 0.5) is 8.78 Å². The van der Waals surface area contributed by atoms with Gasteiger partial charge in [0.2, 0.25) is 0 Å². The molecular weight excluding hydrogens is 390 g/mol. The summed E-state index contributed by atoms with van der Waals surface area (Å²) in [7, 11) is 0. The van der Waals surface area contributed by atoms with Gasteiger partial charge in [0.25, 0.3) is 0 Å². The van der Waals surface area contributed by atoms with Crippen LogP contribution in [0.1, 0.15) is 58.8 Å². The van der Waals surface area contributed by atoms with Gasteiger partial charge in [0.15, 0.2) is 23.9 Å². The Morgan fingerprint density at radius 1 is 1.17 bits per heavy atom. The molecule has 30 heavy (non-hydrogen) atoms. The number of oxime groups is 1. The molecule has 5 rings (SSSR count). The second-order valence-electron chi connectivity index (χ2n) is 10.7. The summed E-state index contributed by atoms with van der Waals surface area (Å²) in [6.07, 6.45) is 1.57. The molecule has 1 saturated heterocycles. The van der Waals surface area contributed by atoms with Crippen molar-refractivity contribution < 1.29 is 23.2 Å². The van der Waals surface area contributed by atoms with Crippen molar-refractivity contribution in [2.45, 2.75) is 77.2 Å². The number of hydrogen-bond acceptors (Lipinski definition) is 5. The number of Topliss-reactive ketones (excluding diaryl/α,β-unsaturated/α-hetero) is 2. The molecule has 0 amide bonds. The molecule has 0 aromatic heterocycles. The summed E-state index contributed by atoms with van der Waals surface area (Å²) in [5.41, 5.74) is -0.768. The van der Waals surface area contributed by atoms with Crippen LogP contribution in [0, 0.1) is 34.5 Å². The van der Waals surface area contributed by atoms with Gasteiger partial charge in [-0.2, -0.15) is 0 Å². The molecule has 0 aromatic carbocycles. The molecule has 7 heteroatoms. The normalized spacial score (nSPS) is 52.1. The van der Waals surface area contributed by atoms with E-state index in [-0.39, 0.29) is 35.7 Å². The van der Waals surface area contributed by atoms with E-state index in [4.69, 9.17) is 4.84 Å². The minimum absolute atomic E-state index is 0.0704. The van der Waals surface area contributed by atoms with E-state index in [1.807, 2.05) is 0 Å². The monoisotopic (exact) mass is 422 g/mol. The number of halogens is 2. The third-order valence-corrected chi connectivity index (χ3v) is 9.35. The standard InChI is InChI=1S/C23H32F2N2O3/c1-22-7-5-13(27-30-14-6-8-26-11-14)9-12(22)3-4-15-16-10-17(24)21(29)23(16,2)20(25)19(28)18(15)22/h12,14-18,20,26H,3-11H2,1-2H3/t12?,14?,15?,16?,17?,18?,20?,22-,23+/m0/s1. The lowest BCUT2D eigenvalue weighted by molar-refractivity contribution is -0.169. The largest absolute Gasteiger partial charge is 0.391 e. The molecule has 1 heterocycles. The predicted molar refractivity (Wildman–Crippen MR) is 107 cm³/mol. The number of hydrogen-bond donors (Lipinski definition) is 1. The van der Waals surface area contributed by atoms with Crippen LogP contribution in [-0.2, 0) is 14.4 Å². The Labute approximate surface area is 176 Å². The van der Waals surface area contributed by atoms with Gasteiger partial charge in [-0.15, -0.1) is 0 Å². The van der Waals surface area contributed by atoms with Crippen LogP contribution in [0.15, 0.2) is 5.16 Å². The average Bonchev–Trinajstić information content (AvgIpc) is 3.33. The van der Waals surface area contributed by atoms with Crippen molar-refractivity contribution >= 4 is 17.3 Å². The molecule has 5 nitrogen and oxygen atoms in total. The third-order valence-electron chi connectivity index (χ3n) is 9.35. The van der Waals surface area contributed by atoms with Crippen molar-refractivity contribution in [2.24, 2.45) is 39.7 Å². The molecule has 4 saturated carbocycles. The van der Waals surface area contributed by atoms with Crippen molar-refractivity contribution in [2.75, 3.05) is 13.1 Å². The van der Waals surface area contributed by atoms with E-state index in [2.05, 4.69) is 17.4 Å². The van der Waals surface area contributed by atoms with Crippen LogP contribution in [0.3, 0.4) is 0 Å². The van der Waals surface area contributed by atoms with E-state index in [0.717, 1.165) is 57.3 Å². The molecule has 7 unspecified atom stereocenters. The van der Waals surface area contributed by atoms with Crippen LogP contribution in [0.25, 0.3) is 0 Å². The molecule has 0 bridgehead atoms. The molecule has 9 atom stereocenters. The molecular formula is C23H32F2N2O3. The number of nitrogens with one attached hydrogen (secondary N) is 1. The van der Waals surface area contributed by atoms with Crippen LogP contribution in [0.2, 0.25) is 0 Å². The second-order valence-corrected chi connectivity index (χ2v) is 10.7. The highest BCUT2D eigenvalue weighted by Gasteiger charge is 2.69. The van der Waals surface area contributed by atoms with E-state index < -0.39 is 35.2 Å². The van der Waals surface area contributed by atoms with E-state index >= 15 is 4.39 Å². The highest BCUT2D eigenvalue weighted by molar-refractivity contribution is 6.00. The van der Waals surface area contributed by atoms with Gasteiger partial charge in [0, 0.05) is 18.9 Å². The second kappa shape index (κ2) is 7.07. The Morgan fingerprint density at radius 3 is 2.70 bits per heavy atom. The minimum atomic E-state index is -1.89. The first-order valence-corrected chi connectivity index (χ1v) is 11.5. The smallest absolute Gasteiger partial charge is 0.176 e. The Balaban J connectivity index is 1.38. The third kappa shape index (κ3) is 2.76. The summed E-state index contributed by atoms with van der Waals surface area (Å²) in [6, 6.07) is 0. The fourth-order valence-corrected chi connectivity index (χ4v) is 7.53. The van der Waals surface area contributed by atoms with Gasteiger partial charge in [-0.1, -0.05) is 12.1 Å². The number of nitrogens with zero attached hydrogens (tertiary/aromatic N) is 1. The SMILES string of the molecule is C[C@]12CCC(=NOC3CCNC3)CC1CCC1C2C(=O)C(F)[C@]2(C)C(=O)C(F)CC12. The van der Waals surface area contributed by atoms with E-state index in [1.54, 1.807) is 0 Å². The maximum atomic E-state index is 15.4. The van der Waals surface area contributed by atoms with E-state index in [1.165, 1.54) is 6.92 Å². The van der Waals surface area contributed by atoms with Gasteiger partial charge in [0.05, 0.1) is 11.1 Å². The van der Waals surface area contributed by atoms with Gasteiger partial charge < -0.3 is 10.2 Å². The maximum Gasteiger partial charge on any atom is 0.176 e. The lowest BCUT2D eigenvalue weighted by Crippen LogP contribution is -2.62. The molecule has 5 aliphatic rings. The van der Waals surface area contributed by atoms with Gasteiger partial charge in [-0.25, -0.2) is 8.78 Å². The quantitative estimate of drug-likeness (QED) is 0.693. The highest BCUT2D eigenvalue weighted by Crippen LogP contribution is 2.64. The zero-order valence-electron chi connectivity index (χ0n) is 17.8. The zero-order chi connectivity index (χ0) is 21.3. The summed E-state index contributed by atoms with van der Waals surface area (Å²) in [5.74, 6) is -1.81. The Bertz CT molecular complexity index is 782. The van der Waals surface area contributed by atoms with Crippen molar-refractivity contribution in [1.29, 1.82) is 0 Å². The fraction of sp³-hybridized carbons (Fsp3) is 0.870. The van der Waals surface area contributed by atoms with Gasteiger partial charge in [0.1, 0.15) is 6.10 Å². The highest BCUT2D eigenvalue weighted by atomic mass is 19.1. The first kappa shape index (κ1) is 20.5. The minimum Gasteiger partial charge on any atom is -0.391 e. The molecule has 4 aliphatic carbocycles. The number of carbonyl (C=O) groups is 2. The summed E-state index contributed by atoms with van der Waals surface area (Å²) < 4.78 is 29.8. The summed E-state index contributed by atoms with van der Waals surface area (Å²) in [6.45, 7) is 5.38. The average molecular weight is 423 g/mol. The number of fused-ring (bicyclic) bond motifs is 5. The number of rotatable bonds is 2. The predicted octanol–water partition coefficient (Wildman–Crippen LogP) is 3.41. The van der Waals surface area contributed by atoms with Crippen molar-refractivity contribution in [3.05, 3.63) is 0 Å². The van der Waals surface area contributed by atoms with Gasteiger partial charge >= 0.3 is 0 Å². The van der Waals surface area contributed by atoms with Crippen molar-refractivity contribution in [1.82, 2.24) is 5.32 Å². The Kier molecular flexibility index (Phi) is 4.84. The first-order valence-electron chi connectivity index (χ1n) is 11.5. The van der Waals surface area contributed by atoms with Gasteiger partial charge in [-0.05, 0) is 75.2 Å². The summed E-state index contributed by atoms with van der Waals surface area (Å²) in [5, 5.41) is 7.69. The lowest BCUT2D eigenvalue weighted by atomic mass is 9.44. The molecule has 166 valence electrons. The van der Waals surface area contributed by atoms with Crippen LogP contribution in [-0.4, -0.2) is 48.8 Å². The zero-order valence-corrected chi connectivity index (χ0v) is 17.8. The number of alkyl halides is 2. The first-order chi connectivity index (χ1) is 14.3. The summed E-state index contributed by atoms with van der Waals surface area (Å²) in [4.78, 5) is 31.5. The van der Waals surface area contributed by atoms with Gasteiger partial charge in [-0.3, -0.25) is 9.59 Å². The lowest BCUT2D eigenvalue weighted by Gasteiger charge is -2.58. The van der Waals surface area contributed by atoms with Crippen LogP contribution >= 0.6 is 0 Å². The van der Waals surface area contributed by atoms with Crippen LogP contribution < -0.4 is 5.32 Å². The van der Waals surface area contributed by atoms with Crippen LogP contribution in [0.5, 0.6) is 0 Å². The molecule has 5 fully saturated rings.